The zero-order valence-corrected chi connectivity index (χ0v) is 7.60. The summed E-state index contributed by atoms with van der Waals surface area (Å²) in [5.41, 5.74) is -1.23. The maximum Gasteiger partial charge on any atom is 0.527 e. The van der Waals surface area contributed by atoms with Gasteiger partial charge in [0.15, 0.2) is 0 Å². The van der Waals surface area contributed by atoms with Crippen LogP contribution < -0.4 is 5.56 Å². The van der Waals surface area contributed by atoms with Gasteiger partial charge in [-0.15, -0.1) is 0 Å². The molecular formula is C6H6NO6P. The Hall–Kier alpha value is -1.43. The van der Waals surface area contributed by atoms with Crippen molar-refractivity contribution in [2.75, 3.05) is 0 Å². The molecule has 0 aliphatic heterocycles. The molecule has 76 valence electrons. The fraction of sp³-hybridized carbons (Fsp3) is 0. The number of rotatable bonds is 2. The van der Waals surface area contributed by atoms with E-state index in [-0.39, 0.29) is 0 Å². The first-order chi connectivity index (χ1) is 6.40. The zero-order valence-electron chi connectivity index (χ0n) is 6.71. The number of aromatic nitrogens is 1. The molecule has 0 radical (unpaired) electrons. The van der Waals surface area contributed by atoms with E-state index in [1.807, 2.05) is 0 Å². The van der Waals surface area contributed by atoms with Crippen LogP contribution in [-0.4, -0.2) is 20.7 Å². The van der Waals surface area contributed by atoms with Crippen LogP contribution in [0.25, 0.3) is 0 Å². The SMILES string of the molecule is O=C(OP(=O)(O)O)c1ccc[nH]c1=O. The highest BCUT2D eigenvalue weighted by Gasteiger charge is 2.23. The highest BCUT2D eigenvalue weighted by Crippen LogP contribution is 2.36. The Morgan fingerprint density at radius 3 is 2.64 bits per heavy atom. The fourth-order valence-electron chi connectivity index (χ4n) is 0.739. The Balaban J connectivity index is 2.97. The summed E-state index contributed by atoms with van der Waals surface area (Å²) in [6.07, 6.45) is 1.27. The van der Waals surface area contributed by atoms with Crippen LogP contribution in [0.3, 0.4) is 0 Å². The predicted octanol–water partition coefficient (Wildman–Crippen LogP) is -0.376. The summed E-state index contributed by atoms with van der Waals surface area (Å²) in [6, 6.07) is 2.43. The lowest BCUT2D eigenvalue weighted by molar-refractivity contribution is 0.0676. The van der Waals surface area contributed by atoms with Gasteiger partial charge in [0.25, 0.3) is 5.56 Å². The molecule has 0 amide bonds. The van der Waals surface area contributed by atoms with E-state index in [2.05, 4.69) is 9.51 Å². The minimum Gasteiger partial charge on any atom is -0.367 e. The van der Waals surface area contributed by atoms with Crippen LogP contribution in [0.5, 0.6) is 0 Å². The Kier molecular flexibility index (Phi) is 2.85. The average molecular weight is 219 g/mol. The van der Waals surface area contributed by atoms with E-state index in [0.717, 1.165) is 6.07 Å². The molecule has 0 saturated heterocycles. The summed E-state index contributed by atoms with van der Waals surface area (Å²) in [7, 11) is -4.91. The molecule has 0 bridgehead atoms. The van der Waals surface area contributed by atoms with Gasteiger partial charge in [0, 0.05) is 6.20 Å². The number of phosphoric ester groups is 1. The summed E-state index contributed by atoms with van der Waals surface area (Å²) < 4.78 is 14.0. The number of phosphoric acid groups is 1. The molecule has 0 atom stereocenters. The molecule has 1 aromatic heterocycles. The molecule has 14 heavy (non-hydrogen) atoms. The average Bonchev–Trinajstić information content (AvgIpc) is 2.01. The quantitative estimate of drug-likeness (QED) is 0.584. The second kappa shape index (κ2) is 3.75. The topological polar surface area (TPSA) is 117 Å². The number of carbonyl (C=O) groups is 1. The molecule has 0 aliphatic rings. The van der Waals surface area contributed by atoms with Crippen LogP contribution in [-0.2, 0) is 9.09 Å². The number of hydrogen-bond acceptors (Lipinski definition) is 4. The molecule has 0 fully saturated rings. The predicted molar refractivity (Wildman–Crippen MR) is 44.5 cm³/mol. The van der Waals surface area contributed by atoms with Gasteiger partial charge in [0.1, 0.15) is 5.56 Å². The van der Waals surface area contributed by atoms with E-state index in [1.54, 1.807) is 0 Å². The summed E-state index contributed by atoms with van der Waals surface area (Å²) in [4.78, 5) is 40.6. The lowest BCUT2D eigenvalue weighted by atomic mass is 10.3. The first-order valence-electron chi connectivity index (χ1n) is 3.37. The molecule has 8 heteroatoms. The van der Waals surface area contributed by atoms with Gasteiger partial charge in [0.05, 0.1) is 0 Å². The van der Waals surface area contributed by atoms with Crippen molar-refractivity contribution in [3.63, 3.8) is 0 Å². The summed E-state index contributed by atoms with van der Waals surface area (Å²) >= 11 is 0. The Morgan fingerprint density at radius 2 is 2.14 bits per heavy atom. The van der Waals surface area contributed by atoms with E-state index in [0.29, 0.717) is 0 Å². The van der Waals surface area contributed by atoms with Crippen molar-refractivity contribution in [3.8, 4) is 0 Å². The molecule has 1 aromatic rings. The zero-order chi connectivity index (χ0) is 10.8. The van der Waals surface area contributed by atoms with Crippen LogP contribution in [0.4, 0.5) is 0 Å². The molecule has 0 aliphatic carbocycles. The summed E-state index contributed by atoms with van der Waals surface area (Å²) in [5, 5.41) is 0. The lowest BCUT2D eigenvalue weighted by Gasteiger charge is -2.03. The van der Waals surface area contributed by atoms with Crippen LogP contribution in [0.15, 0.2) is 23.1 Å². The summed E-state index contributed by atoms with van der Waals surface area (Å²) in [5.74, 6) is -1.36. The molecule has 1 rings (SSSR count). The normalized spacial score (nSPS) is 11.0. The minimum atomic E-state index is -4.91. The van der Waals surface area contributed by atoms with Crippen molar-refractivity contribution in [2.45, 2.75) is 0 Å². The van der Waals surface area contributed by atoms with Crippen molar-refractivity contribution in [1.29, 1.82) is 0 Å². The third-order valence-corrected chi connectivity index (χ3v) is 1.64. The van der Waals surface area contributed by atoms with Crippen molar-refractivity contribution in [2.24, 2.45) is 0 Å². The molecule has 0 spiro atoms. The van der Waals surface area contributed by atoms with Gasteiger partial charge >= 0.3 is 13.8 Å². The van der Waals surface area contributed by atoms with Crippen LogP contribution in [0.2, 0.25) is 0 Å². The number of H-pyrrole nitrogens is 1. The smallest absolute Gasteiger partial charge is 0.367 e. The van der Waals surface area contributed by atoms with Crippen molar-refractivity contribution in [1.82, 2.24) is 4.98 Å². The van der Waals surface area contributed by atoms with E-state index < -0.39 is 24.9 Å². The Bertz CT molecular complexity index is 446. The van der Waals surface area contributed by atoms with Gasteiger partial charge in [0.2, 0.25) is 0 Å². The number of aromatic amines is 1. The second-order valence-corrected chi connectivity index (χ2v) is 3.45. The molecule has 0 unspecified atom stereocenters. The largest absolute Gasteiger partial charge is 0.527 e. The van der Waals surface area contributed by atoms with Gasteiger partial charge in [-0.3, -0.25) is 14.6 Å². The van der Waals surface area contributed by atoms with Crippen LogP contribution in [0.1, 0.15) is 10.4 Å². The second-order valence-electron chi connectivity index (χ2n) is 2.28. The first-order valence-corrected chi connectivity index (χ1v) is 4.90. The maximum absolute atomic E-state index is 10.9. The molecule has 7 nitrogen and oxygen atoms in total. The lowest BCUT2D eigenvalue weighted by Crippen LogP contribution is -2.17. The highest BCUT2D eigenvalue weighted by molar-refractivity contribution is 7.46. The molecule has 3 N–H and O–H groups in total. The fourth-order valence-corrected chi connectivity index (χ4v) is 1.05. The van der Waals surface area contributed by atoms with Gasteiger partial charge in [-0.25, -0.2) is 9.36 Å². The Morgan fingerprint density at radius 1 is 1.50 bits per heavy atom. The van der Waals surface area contributed by atoms with Crippen molar-refractivity contribution >= 4 is 13.8 Å². The molecule has 0 saturated carbocycles. The number of carbonyl (C=O) groups excluding carboxylic acids is 1. The molecular weight excluding hydrogens is 213 g/mol. The first kappa shape index (κ1) is 10.6. The van der Waals surface area contributed by atoms with E-state index in [9.17, 15) is 14.2 Å². The van der Waals surface area contributed by atoms with Crippen LogP contribution >= 0.6 is 7.82 Å². The number of pyridine rings is 1. The van der Waals surface area contributed by atoms with Gasteiger partial charge in [-0.1, -0.05) is 0 Å². The molecule has 0 aromatic carbocycles. The third kappa shape index (κ3) is 2.81. The van der Waals surface area contributed by atoms with E-state index in [1.165, 1.54) is 12.3 Å². The standard InChI is InChI=1S/C6H6NO6P/c8-5-4(2-1-3-7-5)6(9)13-14(10,11)12/h1-3H,(H,7,8)(H2,10,11,12). The molecule has 1 heterocycles. The van der Waals surface area contributed by atoms with Crippen molar-refractivity contribution < 1.29 is 23.7 Å². The van der Waals surface area contributed by atoms with Crippen LogP contribution in [0, 0.1) is 0 Å². The third-order valence-electron chi connectivity index (χ3n) is 1.24. The number of hydrogen-bond donors (Lipinski definition) is 3. The van der Waals surface area contributed by atoms with E-state index in [4.69, 9.17) is 9.79 Å². The van der Waals surface area contributed by atoms with Crippen molar-refractivity contribution in [3.05, 3.63) is 34.2 Å². The maximum atomic E-state index is 10.9. The summed E-state index contributed by atoms with van der Waals surface area (Å²) in [6.45, 7) is 0. The minimum absolute atomic E-state index is 0.462. The van der Waals surface area contributed by atoms with Gasteiger partial charge in [-0.2, -0.15) is 0 Å². The Labute approximate surface area is 77.6 Å². The number of nitrogens with one attached hydrogen (secondary N) is 1. The van der Waals surface area contributed by atoms with Gasteiger partial charge in [-0.05, 0) is 12.1 Å². The van der Waals surface area contributed by atoms with Gasteiger partial charge < -0.3 is 9.51 Å². The van der Waals surface area contributed by atoms with E-state index >= 15 is 0 Å². The monoisotopic (exact) mass is 219 g/mol. The highest BCUT2D eigenvalue weighted by atomic mass is 31.2.